The average Bonchev–Trinajstić information content (AvgIpc) is 2.69. The molecule has 0 aromatic heterocycles. The Labute approximate surface area is 120 Å². The first-order valence-corrected chi connectivity index (χ1v) is 6.49. The van der Waals surface area contributed by atoms with Gasteiger partial charge in [0.1, 0.15) is 11.5 Å². The molecule has 0 saturated carbocycles. The molecular weight excluding hydrogens is 275 g/mol. The van der Waals surface area contributed by atoms with Gasteiger partial charge >= 0.3 is 5.97 Å². The number of hydrogen-bond donors (Lipinski definition) is 1. The summed E-state index contributed by atoms with van der Waals surface area (Å²) >= 11 is 0. The topological polar surface area (TPSA) is 55.8 Å². The number of aryl methyl sites for hydroxylation is 1. The van der Waals surface area contributed by atoms with Gasteiger partial charge in [-0.25, -0.2) is 9.18 Å². The standard InChI is InChI=1S/C16H13FO4/c1-20-16(19)10-3-2-9-4-5-11-13(21-14(9)8-10)7-6-12(18)15(11)17/h2-3,6-8,18H,4-5H2,1H3. The van der Waals surface area contributed by atoms with Gasteiger partial charge in [-0.15, -0.1) is 0 Å². The van der Waals surface area contributed by atoms with Gasteiger partial charge < -0.3 is 14.6 Å². The first-order valence-electron chi connectivity index (χ1n) is 6.49. The van der Waals surface area contributed by atoms with Gasteiger partial charge in [0.05, 0.1) is 12.7 Å². The Hall–Kier alpha value is -2.56. The lowest BCUT2D eigenvalue weighted by molar-refractivity contribution is 0.0600. The SMILES string of the molecule is COC(=O)c1ccc2c(c1)Oc1ccc(O)c(F)c1CC2. The molecule has 0 aliphatic carbocycles. The molecule has 2 aromatic carbocycles. The van der Waals surface area contributed by atoms with Crippen LogP contribution in [0.2, 0.25) is 0 Å². The summed E-state index contributed by atoms with van der Waals surface area (Å²) in [6, 6.07) is 7.78. The van der Waals surface area contributed by atoms with Crippen LogP contribution < -0.4 is 4.74 Å². The highest BCUT2D eigenvalue weighted by atomic mass is 19.1. The van der Waals surface area contributed by atoms with Crippen molar-refractivity contribution in [3.8, 4) is 17.2 Å². The first kappa shape index (κ1) is 13.4. The Morgan fingerprint density at radius 2 is 2.05 bits per heavy atom. The van der Waals surface area contributed by atoms with Crippen LogP contribution in [0, 0.1) is 5.82 Å². The molecule has 0 amide bonds. The highest BCUT2D eigenvalue weighted by Crippen LogP contribution is 2.37. The molecule has 0 bridgehead atoms. The maximum Gasteiger partial charge on any atom is 0.337 e. The Bertz CT molecular complexity index is 724. The minimum absolute atomic E-state index is 0.339. The van der Waals surface area contributed by atoms with E-state index in [0.29, 0.717) is 35.5 Å². The fraction of sp³-hybridized carbons (Fsp3) is 0.188. The van der Waals surface area contributed by atoms with Crippen molar-refractivity contribution < 1.29 is 23.8 Å². The normalized spacial score (nSPS) is 12.7. The van der Waals surface area contributed by atoms with Crippen LogP contribution in [0.25, 0.3) is 0 Å². The van der Waals surface area contributed by atoms with E-state index >= 15 is 0 Å². The Morgan fingerprint density at radius 3 is 2.81 bits per heavy atom. The van der Waals surface area contributed by atoms with Gasteiger partial charge in [0.15, 0.2) is 11.6 Å². The molecule has 0 radical (unpaired) electrons. The van der Waals surface area contributed by atoms with E-state index in [0.717, 1.165) is 5.56 Å². The molecule has 1 N–H and O–H groups in total. The van der Waals surface area contributed by atoms with Crippen LogP contribution in [0.5, 0.6) is 17.2 Å². The second-order valence-electron chi connectivity index (χ2n) is 4.79. The lowest BCUT2D eigenvalue weighted by Crippen LogP contribution is -2.02. The fourth-order valence-corrected chi connectivity index (χ4v) is 2.40. The van der Waals surface area contributed by atoms with E-state index in [2.05, 4.69) is 4.74 Å². The second kappa shape index (κ2) is 5.09. The quantitative estimate of drug-likeness (QED) is 0.819. The van der Waals surface area contributed by atoms with Crippen molar-refractivity contribution in [2.24, 2.45) is 0 Å². The predicted octanol–water partition coefficient (Wildman–Crippen LogP) is 3.21. The van der Waals surface area contributed by atoms with Crippen LogP contribution in [-0.2, 0) is 17.6 Å². The zero-order valence-electron chi connectivity index (χ0n) is 11.4. The third-order valence-corrected chi connectivity index (χ3v) is 3.53. The molecule has 0 unspecified atom stereocenters. The van der Waals surface area contributed by atoms with Gasteiger partial charge in [-0.1, -0.05) is 6.07 Å². The van der Waals surface area contributed by atoms with Crippen molar-refractivity contribution in [1.29, 1.82) is 0 Å². The molecule has 1 aliphatic rings. The van der Waals surface area contributed by atoms with E-state index in [4.69, 9.17) is 4.74 Å². The highest BCUT2D eigenvalue weighted by Gasteiger charge is 2.21. The summed E-state index contributed by atoms with van der Waals surface area (Å²) in [5.74, 6) is -0.650. The van der Waals surface area contributed by atoms with Gasteiger partial charge in [0.2, 0.25) is 0 Å². The molecule has 0 saturated heterocycles. The smallest absolute Gasteiger partial charge is 0.337 e. The van der Waals surface area contributed by atoms with Crippen molar-refractivity contribution in [2.75, 3.05) is 7.11 Å². The number of phenols is 1. The number of methoxy groups -OCH3 is 1. The molecule has 5 heteroatoms. The van der Waals surface area contributed by atoms with E-state index in [1.807, 2.05) is 0 Å². The zero-order chi connectivity index (χ0) is 15.0. The summed E-state index contributed by atoms with van der Waals surface area (Å²) in [5, 5.41) is 9.44. The van der Waals surface area contributed by atoms with Crippen LogP contribution in [0.3, 0.4) is 0 Å². The van der Waals surface area contributed by atoms with Crippen molar-refractivity contribution >= 4 is 5.97 Å². The molecule has 0 fully saturated rings. The number of benzene rings is 2. The van der Waals surface area contributed by atoms with Gasteiger partial charge in [-0.05, 0) is 42.7 Å². The molecular formula is C16H13FO4. The Balaban J connectivity index is 2.05. The van der Waals surface area contributed by atoms with E-state index in [1.165, 1.54) is 19.2 Å². The summed E-state index contributed by atoms with van der Waals surface area (Å²) < 4.78 is 24.3. The molecule has 1 heterocycles. The minimum atomic E-state index is -0.659. The van der Waals surface area contributed by atoms with E-state index in [-0.39, 0.29) is 0 Å². The molecule has 3 rings (SSSR count). The molecule has 21 heavy (non-hydrogen) atoms. The van der Waals surface area contributed by atoms with Crippen molar-refractivity contribution in [2.45, 2.75) is 12.8 Å². The number of ether oxygens (including phenoxy) is 2. The van der Waals surface area contributed by atoms with Gasteiger partial charge in [-0.2, -0.15) is 0 Å². The number of carbonyl (C=O) groups is 1. The van der Waals surface area contributed by atoms with Crippen molar-refractivity contribution in [3.63, 3.8) is 0 Å². The van der Waals surface area contributed by atoms with Gasteiger partial charge in [0.25, 0.3) is 0 Å². The molecule has 108 valence electrons. The molecule has 4 nitrogen and oxygen atoms in total. The van der Waals surface area contributed by atoms with E-state index in [1.54, 1.807) is 18.2 Å². The van der Waals surface area contributed by atoms with Gasteiger partial charge in [-0.3, -0.25) is 0 Å². The Kier molecular flexibility index (Phi) is 3.25. The van der Waals surface area contributed by atoms with E-state index in [9.17, 15) is 14.3 Å². The van der Waals surface area contributed by atoms with Gasteiger partial charge in [0, 0.05) is 5.56 Å². The predicted molar refractivity (Wildman–Crippen MR) is 73.3 cm³/mol. The monoisotopic (exact) mass is 288 g/mol. The van der Waals surface area contributed by atoms with Crippen molar-refractivity contribution in [3.05, 3.63) is 52.8 Å². The highest BCUT2D eigenvalue weighted by molar-refractivity contribution is 5.90. The molecule has 0 atom stereocenters. The summed E-state index contributed by atoms with van der Waals surface area (Å²) in [6.45, 7) is 0. The van der Waals surface area contributed by atoms with Crippen LogP contribution in [0.15, 0.2) is 30.3 Å². The second-order valence-corrected chi connectivity index (χ2v) is 4.79. The maximum atomic E-state index is 13.9. The summed E-state index contributed by atoms with van der Waals surface area (Å²) in [5.41, 5.74) is 1.59. The third kappa shape index (κ3) is 2.31. The number of halogens is 1. The number of aromatic hydroxyl groups is 1. The van der Waals surface area contributed by atoms with Crippen LogP contribution in [-0.4, -0.2) is 18.2 Å². The number of hydrogen-bond acceptors (Lipinski definition) is 4. The number of rotatable bonds is 1. The summed E-state index contributed by atoms with van der Waals surface area (Å²) in [7, 11) is 1.31. The summed E-state index contributed by atoms with van der Waals surface area (Å²) in [4.78, 5) is 11.6. The largest absolute Gasteiger partial charge is 0.505 e. The third-order valence-electron chi connectivity index (χ3n) is 3.53. The van der Waals surface area contributed by atoms with Crippen LogP contribution in [0.4, 0.5) is 4.39 Å². The number of esters is 1. The van der Waals surface area contributed by atoms with Crippen LogP contribution in [0.1, 0.15) is 21.5 Å². The minimum Gasteiger partial charge on any atom is -0.505 e. The first-order chi connectivity index (χ1) is 10.1. The molecule has 1 aliphatic heterocycles. The number of carbonyl (C=O) groups excluding carboxylic acids is 1. The maximum absolute atomic E-state index is 13.9. The number of fused-ring (bicyclic) bond motifs is 2. The van der Waals surface area contributed by atoms with Crippen LogP contribution >= 0.6 is 0 Å². The number of phenolic OH excluding ortho intramolecular Hbond substituents is 1. The zero-order valence-corrected chi connectivity index (χ0v) is 11.4. The fourth-order valence-electron chi connectivity index (χ4n) is 2.40. The lowest BCUT2D eigenvalue weighted by atomic mass is 10.0. The summed E-state index contributed by atoms with van der Waals surface area (Å²) in [6.07, 6.45) is 0.976. The molecule has 2 aromatic rings. The van der Waals surface area contributed by atoms with E-state index < -0.39 is 17.5 Å². The van der Waals surface area contributed by atoms with Crippen molar-refractivity contribution in [1.82, 2.24) is 0 Å². The lowest BCUT2D eigenvalue weighted by Gasteiger charge is -2.10. The Morgan fingerprint density at radius 1 is 1.24 bits per heavy atom. The average molecular weight is 288 g/mol. The molecule has 0 spiro atoms.